The van der Waals surface area contributed by atoms with Gasteiger partial charge in [0, 0.05) is 6.42 Å². The van der Waals surface area contributed by atoms with Gasteiger partial charge in [-0.3, -0.25) is 0 Å². The van der Waals surface area contributed by atoms with Gasteiger partial charge in [-0.1, -0.05) is 33.6 Å². The largest absolute Gasteiger partial charge is 0.393 e. The summed E-state index contributed by atoms with van der Waals surface area (Å²) in [4.78, 5) is 0. The summed E-state index contributed by atoms with van der Waals surface area (Å²) in [6.45, 7) is 11.3. The smallest absolute Gasteiger partial charge is 0.0728 e. The van der Waals surface area contributed by atoms with Crippen molar-refractivity contribution in [2.24, 2.45) is 40.4 Å². The average Bonchev–Trinajstić information content (AvgIpc) is 2.99. The number of hydrogen-bond donors (Lipinski definition) is 3. The third-order valence-corrected chi connectivity index (χ3v) is 11.0. The summed E-state index contributed by atoms with van der Waals surface area (Å²) in [7, 11) is 0. The van der Waals surface area contributed by atoms with Crippen LogP contribution in [0.25, 0.3) is 0 Å². The third kappa shape index (κ3) is 3.69. The predicted octanol–water partition coefficient (Wildman–Crippen LogP) is 5.70. The molecule has 0 unspecified atom stereocenters. The maximum Gasteiger partial charge on any atom is 0.0728 e. The van der Waals surface area contributed by atoms with Crippen molar-refractivity contribution in [2.75, 3.05) is 0 Å². The van der Waals surface area contributed by atoms with E-state index in [1.165, 1.54) is 32.1 Å². The quantitative estimate of drug-likeness (QED) is 0.535. The van der Waals surface area contributed by atoms with Gasteiger partial charge in [-0.25, -0.2) is 0 Å². The van der Waals surface area contributed by atoms with Crippen LogP contribution in [0.2, 0.25) is 0 Å². The summed E-state index contributed by atoms with van der Waals surface area (Å²) in [5, 5.41) is 31.9. The molecule has 0 radical (unpaired) electrons. The highest BCUT2D eigenvalue weighted by Gasteiger charge is 2.64. The summed E-state index contributed by atoms with van der Waals surface area (Å²) in [6.07, 6.45) is 12.8. The van der Waals surface area contributed by atoms with E-state index in [0.29, 0.717) is 17.8 Å². The molecule has 0 spiro atoms. The van der Waals surface area contributed by atoms with E-state index in [4.69, 9.17) is 0 Å². The molecule has 0 aromatic carbocycles. The van der Waals surface area contributed by atoms with Crippen LogP contribution in [0.15, 0.2) is 0 Å². The molecule has 3 N–H and O–H groups in total. The van der Waals surface area contributed by atoms with E-state index in [0.717, 1.165) is 62.2 Å². The molecule has 4 rings (SSSR count). The highest BCUT2D eigenvalue weighted by molar-refractivity contribution is 5.14. The number of fused-ring (bicyclic) bond motifs is 5. The Balaban J connectivity index is 1.47. The van der Waals surface area contributed by atoms with Crippen molar-refractivity contribution in [1.29, 1.82) is 0 Å². The van der Waals surface area contributed by atoms with E-state index in [9.17, 15) is 15.3 Å². The topological polar surface area (TPSA) is 60.7 Å². The Morgan fingerprint density at radius 3 is 2.40 bits per heavy atom. The minimum Gasteiger partial charge on any atom is -0.393 e. The summed E-state index contributed by atoms with van der Waals surface area (Å²) < 4.78 is 0. The Morgan fingerprint density at radius 1 is 0.967 bits per heavy atom. The number of aliphatic hydroxyl groups is 3. The van der Waals surface area contributed by atoms with Gasteiger partial charge in [-0.05, 0) is 112 Å². The summed E-state index contributed by atoms with van der Waals surface area (Å²) in [6, 6.07) is 0. The Labute approximate surface area is 185 Å². The van der Waals surface area contributed by atoms with Crippen LogP contribution in [0, 0.1) is 40.4 Å². The summed E-state index contributed by atoms with van der Waals surface area (Å²) in [5.41, 5.74) is -0.744. The van der Waals surface area contributed by atoms with E-state index in [-0.39, 0.29) is 11.5 Å². The molecule has 0 aromatic rings. The molecule has 0 saturated heterocycles. The van der Waals surface area contributed by atoms with Gasteiger partial charge in [-0.2, -0.15) is 0 Å². The van der Waals surface area contributed by atoms with E-state index < -0.39 is 11.2 Å². The third-order valence-electron chi connectivity index (χ3n) is 11.0. The van der Waals surface area contributed by atoms with Crippen LogP contribution in [0.4, 0.5) is 0 Å². The minimum atomic E-state index is -0.651. The lowest BCUT2D eigenvalue weighted by Gasteiger charge is -2.64. The average molecular weight is 421 g/mol. The van der Waals surface area contributed by atoms with E-state index in [2.05, 4.69) is 20.8 Å². The molecule has 3 nitrogen and oxygen atoms in total. The standard InChI is InChI=1S/C27H48O3/c1-18(7-6-13-24(2,3)29)21-8-9-22-20-11-16-27(30)17-19(28)10-15-26(27,5)23(20)12-14-25(21,22)4/h18-23,28-30H,6-17H2,1-5H3/t18-,19-,20+,21-,22+,23+,25-,26-,27-/m1/s1. The molecular formula is C27H48O3. The highest BCUT2D eigenvalue weighted by atomic mass is 16.3. The van der Waals surface area contributed by atoms with Gasteiger partial charge >= 0.3 is 0 Å². The van der Waals surface area contributed by atoms with Crippen molar-refractivity contribution in [3.05, 3.63) is 0 Å². The summed E-state index contributed by atoms with van der Waals surface area (Å²) in [5.74, 6) is 3.75. The fourth-order valence-electron chi connectivity index (χ4n) is 9.26. The maximum absolute atomic E-state index is 11.6. The molecule has 4 fully saturated rings. The summed E-state index contributed by atoms with van der Waals surface area (Å²) >= 11 is 0. The fraction of sp³-hybridized carbons (Fsp3) is 1.00. The number of hydrogen-bond acceptors (Lipinski definition) is 3. The van der Waals surface area contributed by atoms with Crippen LogP contribution in [0.3, 0.4) is 0 Å². The first kappa shape index (κ1) is 23.1. The lowest BCUT2D eigenvalue weighted by Crippen LogP contribution is -2.62. The van der Waals surface area contributed by atoms with Gasteiger partial charge in [0.05, 0.1) is 17.3 Å². The fourth-order valence-corrected chi connectivity index (χ4v) is 9.26. The van der Waals surface area contributed by atoms with Gasteiger partial charge < -0.3 is 15.3 Å². The van der Waals surface area contributed by atoms with E-state index in [1.807, 2.05) is 13.8 Å². The first-order valence-corrected chi connectivity index (χ1v) is 13.0. The van der Waals surface area contributed by atoms with Crippen molar-refractivity contribution >= 4 is 0 Å². The molecule has 4 aliphatic carbocycles. The monoisotopic (exact) mass is 420 g/mol. The normalized spacial score (nSPS) is 49.8. The molecule has 9 atom stereocenters. The van der Waals surface area contributed by atoms with Crippen molar-refractivity contribution < 1.29 is 15.3 Å². The van der Waals surface area contributed by atoms with Crippen molar-refractivity contribution in [1.82, 2.24) is 0 Å². The molecule has 0 amide bonds. The molecule has 0 heterocycles. The van der Waals surface area contributed by atoms with E-state index in [1.54, 1.807) is 0 Å². The van der Waals surface area contributed by atoms with Crippen LogP contribution in [0.1, 0.15) is 112 Å². The second-order valence-electron chi connectivity index (χ2n) is 13.2. The van der Waals surface area contributed by atoms with Crippen molar-refractivity contribution in [2.45, 2.75) is 129 Å². The van der Waals surface area contributed by atoms with Crippen LogP contribution in [-0.2, 0) is 0 Å². The Hall–Kier alpha value is -0.120. The van der Waals surface area contributed by atoms with Crippen LogP contribution in [0.5, 0.6) is 0 Å². The molecular weight excluding hydrogens is 372 g/mol. The molecule has 174 valence electrons. The van der Waals surface area contributed by atoms with Crippen LogP contribution >= 0.6 is 0 Å². The van der Waals surface area contributed by atoms with Gasteiger partial charge in [0.25, 0.3) is 0 Å². The second-order valence-corrected chi connectivity index (χ2v) is 13.2. The number of aliphatic hydroxyl groups excluding tert-OH is 1. The zero-order valence-corrected chi connectivity index (χ0v) is 20.3. The molecule has 4 aliphatic rings. The molecule has 0 aliphatic heterocycles. The second kappa shape index (κ2) is 7.73. The van der Waals surface area contributed by atoms with E-state index >= 15 is 0 Å². The van der Waals surface area contributed by atoms with Crippen LogP contribution in [-0.4, -0.2) is 32.6 Å². The molecule has 30 heavy (non-hydrogen) atoms. The molecule has 0 aromatic heterocycles. The maximum atomic E-state index is 11.6. The molecule has 0 bridgehead atoms. The molecule has 4 saturated carbocycles. The predicted molar refractivity (Wildman–Crippen MR) is 122 cm³/mol. The van der Waals surface area contributed by atoms with Crippen molar-refractivity contribution in [3.63, 3.8) is 0 Å². The lowest BCUT2D eigenvalue weighted by atomic mass is 9.43. The first-order valence-electron chi connectivity index (χ1n) is 13.0. The zero-order chi connectivity index (χ0) is 21.9. The first-order chi connectivity index (χ1) is 13.9. The SMILES string of the molecule is C[C@H](CCCC(C)(C)O)[C@H]1CC[C@H]2[C@@H]3CC[C@@]4(O)C[C@H](O)CC[C@]4(C)[C@H]3CC[C@]12C. The Kier molecular flexibility index (Phi) is 5.94. The molecule has 3 heteroatoms. The Morgan fingerprint density at radius 2 is 1.70 bits per heavy atom. The number of rotatable bonds is 5. The minimum absolute atomic E-state index is 0.00706. The van der Waals surface area contributed by atoms with Crippen LogP contribution < -0.4 is 0 Å². The van der Waals surface area contributed by atoms with Crippen molar-refractivity contribution in [3.8, 4) is 0 Å². The zero-order valence-electron chi connectivity index (χ0n) is 20.3. The van der Waals surface area contributed by atoms with Gasteiger partial charge in [0.15, 0.2) is 0 Å². The van der Waals surface area contributed by atoms with Gasteiger partial charge in [-0.15, -0.1) is 0 Å². The highest BCUT2D eigenvalue weighted by Crippen LogP contribution is 2.69. The Bertz CT molecular complexity index is 626. The lowest BCUT2D eigenvalue weighted by molar-refractivity contribution is -0.220. The van der Waals surface area contributed by atoms with Gasteiger partial charge in [0.2, 0.25) is 0 Å². The van der Waals surface area contributed by atoms with Gasteiger partial charge in [0.1, 0.15) is 0 Å².